The largest absolute Gasteiger partial charge is 0.322 e. The van der Waals surface area contributed by atoms with Gasteiger partial charge in [-0.2, -0.15) is 0 Å². The monoisotopic (exact) mass is 468 g/mol. The fraction of sp³-hybridized carbons (Fsp3) is 0.167. The summed E-state index contributed by atoms with van der Waals surface area (Å²) >= 11 is 8.84. The van der Waals surface area contributed by atoms with E-state index in [-0.39, 0.29) is 16.8 Å². The maximum absolute atomic E-state index is 12.7. The van der Waals surface area contributed by atoms with Crippen molar-refractivity contribution < 1.29 is 4.79 Å². The number of hydrogen-bond donors (Lipinski definition) is 1. The number of anilines is 1. The lowest BCUT2D eigenvalue weighted by Gasteiger charge is -2.09. The van der Waals surface area contributed by atoms with Gasteiger partial charge >= 0.3 is 4.87 Å². The second kappa shape index (κ2) is 9.30. The van der Waals surface area contributed by atoms with E-state index in [0.717, 1.165) is 31.5 Å². The molecule has 4 aromatic rings. The number of thiazole rings is 1. The predicted octanol–water partition coefficient (Wildman–Crippen LogP) is 6.84. The molecule has 0 radical (unpaired) electrons. The van der Waals surface area contributed by atoms with Gasteiger partial charge in [0, 0.05) is 33.0 Å². The molecule has 0 saturated carbocycles. The molecule has 31 heavy (non-hydrogen) atoms. The molecule has 0 saturated heterocycles. The fourth-order valence-electron chi connectivity index (χ4n) is 3.26. The number of nitrogens with one attached hydrogen (secondary N) is 1. The molecular formula is C24H21ClN2O2S2. The maximum atomic E-state index is 12.7. The van der Waals surface area contributed by atoms with Gasteiger partial charge in [-0.15, -0.1) is 11.8 Å². The number of aromatic nitrogens is 1. The number of benzene rings is 3. The van der Waals surface area contributed by atoms with Crippen molar-refractivity contribution in [3.63, 3.8) is 0 Å². The summed E-state index contributed by atoms with van der Waals surface area (Å²) in [5, 5.41) is 3.66. The lowest BCUT2D eigenvalue weighted by atomic mass is 10.1. The minimum Gasteiger partial charge on any atom is -0.322 e. The summed E-state index contributed by atoms with van der Waals surface area (Å²) < 4.78 is 2.64. The lowest BCUT2D eigenvalue weighted by Crippen LogP contribution is -2.14. The number of nitrogens with zero attached hydrogens (tertiary/aromatic N) is 1. The molecule has 1 heterocycles. The van der Waals surface area contributed by atoms with Crippen molar-refractivity contribution >= 4 is 56.5 Å². The van der Waals surface area contributed by atoms with E-state index in [1.54, 1.807) is 16.3 Å². The first kappa shape index (κ1) is 21.7. The van der Waals surface area contributed by atoms with Gasteiger partial charge in [0.15, 0.2) is 0 Å². The Bertz CT molecular complexity index is 1280. The molecule has 0 fully saturated rings. The number of rotatable bonds is 6. The van der Waals surface area contributed by atoms with Gasteiger partial charge in [0.25, 0.3) is 5.91 Å². The Kier molecular flexibility index (Phi) is 6.51. The Morgan fingerprint density at radius 3 is 2.45 bits per heavy atom. The summed E-state index contributed by atoms with van der Waals surface area (Å²) in [7, 11) is 0. The number of amides is 1. The second-order valence-corrected chi connectivity index (χ2v) is 9.89. The van der Waals surface area contributed by atoms with Crippen molar-refractivity contribution in [3.05, 3.63) is 92.5 Å². The number of carbonyl (C=O) groups excluding carboxylic acids is 1. The molecule has 0 bridgehead atoms. The summed E-state index contributed by atoms with van der Waals surface area (Å²) in [5.41, 5.74) is 3.30. The van der Waals surface area contributed by atoms with Crippen LogP contribution in [-0.2, 0) is 5.75 Å². The van der Waals surface area contributed by atoms with E-state index in [1.165, 1.54) is 11.3 Å². The Morgan fingerprint density at radius 2 is 1.77 bits per heavy atom. The van der Waals surface area contributed by atoms with Crippen molar-refractivity contribution in [1.29, 1.82) is 0 Å². The molecule has 1 N–H and O–H groups in total. The summed E-state index contributed by atoms with van der Waals surface area (Å²) in [6.07, 6.45) is 0. The van der Waals surface area contributed by atoms with Crippen LogP contribution in [0.2, 0.25) is 5.02 Å². The van der Waals surface area contributed by atoms with Crippen molar-refractivity contribution in [2.75, 3.05) is 5.32 Å². The molecule has 1 aromatic heterocycles. The summed E-state index contributed by atoms with van der Waals surface area (Å²) in [5.74, 6) is 0.637. The topological polar surface area (TPSA) is 51.1 Å². The Balaban J connectivity index is 1.42. The van der Waals surface area contributed by atoms with E-state index in [4.69, 9.17) is 11.6 Å². The minimum atomic E-state index is -0.174. The fourth-order valence-corrected chi connectivity index (χ4v) is 5.29. The van der Waals surface area contributed by atoms with E-state index in [1.807, 2.05) is 80.6 Å². The van der Waals surface area contributed by atoms with Crippen LogP contribution >= 0.6 is 34.7 Å². The van der Waals surface area contributed by atoms with Crippen LogP contribution in [0, 0.1) is 0 Å². The highest BCUT2D eigenvalue weighted by Crippen LogP contribution is 2.26. The zero-order chi connectivity index (χ0) is 22.0. The molecule has 0 aliphatic heterocycles. The highest BCUT2D eigenvalue weighted by molar-refractivity contribution is 7.98. The van der Waals surface area contributed by atoms with Crippen LogP contribution in [0.15, 0.2) is 76.4 Å². The molecule has 0 aliphatic carbocycles. The highest BCUT2D eigenvalue weighted by Gasteiger charge is 2.12. The van der Waals surface area contributed by atoms with Crippen LogP contribution in [0.25, 0.3) is 10.2 Å². The van der Waals surface area contributed by atoms with Crippen LogP contribution in [0.3, 0.4) is 0 Å². The van der Waals surface area contributed by atoms with Gasteiger partial charge in [0.05, 0.1) is 10.2 Å². The molecule has 0 atom stereocenters. The average Bonchev–Trinajstić information content (AvgIpc) is 3.09. The number of halogens is 1. The van der Waals surface area contributed by atoms with E-state index >= 15 is 0 Å². The normalized spacial score (nSPS) is 11.2. The van der Waals surface area contributed by atoms with Gasteiger partial charge < -0.3 is 5.32 Å². The van der Waals surface area contributed by atoms with E-state index in [2.05, 4.69) is 5.32 Å². The minimum absolute atomic E-state index is 0.0144. The Morgan fingerprint density at radius 1 is 1.06 bits per heavy atom. The SMILES string of the molecule is CC(C)n1c(=O)sc2cc(NC(=O)c3ccc(CSc4ccc(Cl)cc4)cc3)ccc21. The first-order valence-electron chi connectivity index (χ1n) is 9.84. The van der Waals surface area contributed by atoms with E-state index in [9.17, 15) is 9.59 Å². The predicted molar refractivity (Wildman–Crippen MR) is 132 cm³/mol. The standard InChI is InChI=1S/C24H21ClN2O2S2/c1-15(2)27-21-12-9-19(13-22(21)31-24(27)29)26-23(28)17-5-3-16(4-6-17)14-30-20-10-7-18(25)8-11-20/h3-13,15H,14H2,1-2H3,(H,26,28). The third-order valence-electron chi connectivity index (χ3n) is 4.82. The molecule has 158 valence electrons. The van der Waals surface area contributed by atoms with Crippen LogP contribution in [0.5, 0.6) is 0 Å². The Labute approximate surface area is 193 Å². The van der Waals surface area contributed by atoms with E-state index in [0.29, 0.717) is 11.3 Å². The first-order valence-corrected chi connectivity index (χ1v) is 12.0. The smallest absolute Gasteiger partial charge is 0.308 e. The van der Waals surface area contributed by atoms with Gasteiger partial charge in [-0.05, 0) is 74.0 Å². The quantitative estimate of drug-likeness (QED) is 0.315. The number of hydrogen-bond acceptors (Lipinski definition) is 4. The average molecular weight is 469 g/mol. The molecule has 0 unspecified atom stereocenters. The molecule has 0 spiro atoms. The van der Waals surface area contributed by atoms with Gasteiger partial charge in [-0.1, -0.05) is 35.1 Å². The third-order valence-corrected chi connectivity index (χ3v) is 7.08. The van der Waals surface area contributed by atoms with E-state index < -0.39 is 0 Å². The van der Waals surface area contributed by atoms with Crippen LogP contribution in [-0.4, -0.2) is 10.5 Å². The van der Waals surface area contributed by atoms with Gasteiger partial charge in [-0.3, -0.25) is 14.2 Å². The zero-order valence-electron chi connectivity index (χ0n) is 17.1. The zero-order valence-corrected chi connectivity index (χ0v) is 19.5. The third kappa shape index (κ3) is 5.03. The molecule has 3 aromatic carbocycles. The van der Waals surface area contributed by atoms with Crippen molar-refractivity contribution in [1.82, 2.24) is 4.57 Å². The van der Waals surface area contributed by atoms with Gasteiger partial charge in [0.1, 0.15) is 0 Å². The Hall–Kier alpha value is -2.54. The molecule has 1 amide bonds. The molecule has 4 nitrogen and oxygen atoms in total. The molecule has 4 rings (SSSR count). The lowest BCUT2D eigenvalue weighted by molar-refractivity contribution is 0.102. The van der Waals surface area contributed by atoms with Crippen molar-refractivity contribution in [2.45, 2.75) is 30.5 Å². The number of thioether (sulfide) groups is 1. The molecule has 0 aliphatic rings. The van der Waals surface area contributed by atoms with Crippen LogP contribution < -0.4 is 10.2 Å². The van der Waals surface area contributed by atoms with Crippen LogP contribution in [0.1, 0.15) is 35.8 Å². The number of fused-ring (bicyclic) bond motifs is 1. The second-order valence-electron chi connectivity index (χ2n) is 7.41. The summed E-state index contributed by atoms with van der Waals surface area (Å²) in [6, 6.07) is 21.0. The summed E-state index contributed by atoms with van der Waals surface area (Å²) in [4.78, 5) is 26.0. The summed E-state index contributed by atoms with van der Waals surface area (Å²) in [6.45, 7) is 3.97. The highest BCUT2D eigenvalue weighted by atomic mass is 35.5. The van der Waals surface area contributed by atoms with Crippen LogP contribution in [0.4, 0.5) is 5.69 Å². The number of carbonyl (C=O) groups is 1. The van der Waals surface area contributed by atoms with Crippen molar-refractivity contribution in [2.24, 2.45) is 0 Å². The first-order chi connectivity index (χ1) is 14.9. The molecule has 7 heteroatoms. The molecular weight excluding hydrogens is 448 g/mol. The van der Waals surface area contributed by atoms with Crippen molar-refractivity contribution in [3.8, 4) is 0 Å². The maximum Gasteiger partial charge on any atom is 0.308 e. The van der Waals surface area contributed by atoms with Gasteiger partial charge in [-0.25, -0.2) is 0 Å². The van der Waals surface area contributed by atoms with Gasteiger partial charge in [0.2, 0.25) is 0 Å².